The van der Waals surface area contributed by atoms with Crippen LogP contribution in [0.25, 0.3) is 11.1 Å². The zero-order valence-corrected chi connectivity index (χ0v) is 17.2. The molecule has 1 heterocycles. The Labute approximate surface area is 185 Å². The SMILES string of the molecule is O=C(Nc1ccc(NCCc2ccccn2)cc1)c1cc(F)ccc1-c1ccc(F)cc1. The summed E-state index contributed by atoms with van der Waals surface area (Å²) in [5, 5.41) is 6.11. The maximum absolute atomic E-state index is 13.9. The Hall–Kier alpha value is -4.06. The quantitative estimate of drug-likeness (QED) is 0.383. The summed E-state index contributed by atoms with van der Waals surface area (Å²) in [7, 11) is 0. The van der Waals surface area contributed by atoms with Crippen LogP contribution in [0.15, 0.2) is 91.1 Å². The van der Waals surface area contributed by atoms with Gasteiger partial charge in [0, 0.05) is 36.2 Å². The van der Waals surface area contributed by atoms with Crippen molar-refractivity contribution in [3.8, 4) is 11.1 Å². The molecule has 0 radical (unpaired) electrons. The van der Waals surface area contributed by atoms with Crippen molar-refractivity contribution >= 4 is 17.3 Å². The molecule has 1 aromatic heterocycles. The average molecular weight is 429 g/mol. The number of benzene rings is 3. The molecule has 0 aliphatic carbocycles. The van der Waals surface area contributed by atoms with Gasteiger partial charge in [0.15, 0.2) is 0 Å². The molecule has 0 atom stereocenters. The Morgan fingerprint density at radius 1 is 0.812 bits per heavy atom. The van der Waals surface area contributed by atoms with Gasteiger partial charge in [-0.2, -0.15) is 0 Å². The fourth-order valence-corrected chi connectivity index (χ4v) is 3.34. The Bertz CT molecular complexity index is 1190. The number of halogens is 2. The van der Waals surface area contributed by atoms with Crippen LogP contribution in [0.2, 0.25) is 0 Å². The molecule has 3 aromatic carbocycles. The molecule has 32 heavy (non-hydrogen) atoms. The van der Waals surface area contributed by atoms with Crippen LogP contribution in [-0.2, 0) is 6.42 Å². The van der Waals surface area contributed by atoms with E-state index < -0.39 is 11.7 Å². The maximum atomic E-state index is 13.9. The smallest absolute Gasteiger partial charge is 0.256 e. The third-order valence-corrected chi connectivity index (χ3v) is 4.96. The highest BCUT2D eigenvalue weighted by atomic mass is 19.1. The van der Waals surface area contributed by atoms with Crippen LogP contribution in [0.1, 0.15) is 16.1 Å². The lowest BCUT2D eigenvalue weighted by molar-refractivity contribution is 0.102. The summed E-state index contributed by atoms with van der Waals surface area (Å²) in [6.45, 7) is 0.729. The highest BCUT2D eigenvalue weighted by molar-refractivity contribution is 6.08. The van der Waals surface area contributed by atoms with Crippen LogP contribution in [0, 0.1) is 11.6 Å². The standard InChI is InChI=1S/C26H21F2N3O/c27-19-6-4-18(5-7-19)24-13-8-20(28)17-25(24)26(32)31-23-11-9-22(10-12-23)30-16-14-21-3-1-2-15-29-21/h1-13,15,17,30H,14,16H2,(H,31,32). The molecule has 4 rings (SSSR count). The van der Waals surface area contributed by atoms with E-state index in [1.165, 1.54) is 30.3 Å². The number of hydrogen-bond acceptors (Lipinski definition) is 3. The first kappa shape index (κ1) is 21.2. The highest BCUT2D eigenvalue weighted by Crippen LogP contribution is 2.26. The van der Waals surface area contributed by atoms with Crippen LogP contribution < -0.4 is 10.6 Å². The molecule has 0 aliphatic heterocycles. The second kappa shape index (κ2) is 9.83. The Kier molecular flexibility index (Phi) is 6.51. The lowest BCUT2D eigenvalue weighted by Gasteiger charge is -2.12. The lowest BCUT2D eigenvalue weighted by Crippen LogP contribution is -2.13. The highest BCUT2D eigenvalue weighted by Gasteiger charge is 2.15. The van der Waals surface area contributed by atoms with Crippen molar-refractivity contribution in [3.05, 3.63) is 114 Å². The second-order valence-corrected chi connectivity index (χ2v) is 7.23. The largest absolute Gasteiger partial charge is 0.385 e. The number of pyridine rings is 1. The predicted octanol–water partition coefficient (Wildman–Crippen LogP) is 5.93. The molecular weight excluding hydrogens is 408 g/mol. The van der Waals surface area contributed by atoms with Crippen LogP contribution in [0.3, 0.4) is 0 Å². The van der Waals surface area contributed by atoms with E-state index in [1.54, 1.807) is 30.5 Å². The number of amides is 1. The van der Waals surface area contributed by atoms with E-state index in [2.05, 4.69) is 15.6 Å². The van der Waals surface area contributed by atoms with E-state index in [-0.39, 0.29) is 11.4 Å². The number of nitrogens with zero attached hydrogens (tertiary/aromatic N) is 1. The first-order valence-corrected chi connectivity index (χ1v) is 10.2. The molecule has 2 N–H and O–H groups in total. The van der Waals surface area contributed by atoms with E-state index in [9.17, 15) is 13.6 Å². The molecule has 0 aliphatic rings. The van der Waals surface area contributed by atoms with Crippen molar-refractivity contribution < 1.29 is 13.6 Å². The summed E-state index contributed by atoms with van der Waals surface area (Å²) in [5.74, 6) is -1.34. The Morgan fingerprint density at radius 2 is 1.53 bits per heavy atom. The van der Waals surface area contributed by atoms with Crippen molar-refractivity contribution in [1.82, 2.24) is 4.98 Å². The molecule has 0 bridgehead atoms. The van der Waals surface area contributed by atoms with Crippen molar-refractivity contribution in [3.63, 3.8) is 0 Å². The summed E-state index contributed by atoms with van der Waals surface area (Å²) < 4.78 is 27.1. The van der Waals surface area contributed by atoms with Gasteiger partial charge in [0.1, 0.15) is 11.6 Å². The molecule has 6 heteroatoms. The second-order valence-electron chi connectivity index (χ2n) is 7.23. The number of rotatable bonds is 7. The number of anilines is 2. The van der Waals surface area contributed by atoms with Gasteiger partial charge in [0.05, 0.1) is 5.56 Å². The Morgan fingerprint density at radius 3 is 2.25 bits per heavy atom. The van der Waals surface area contributed by atoms with Gasteiger partial charge in [0.2, 0.25) is 0 Å². The lowest BCUT2D eigenvalue weighted by atomic mass is 9.99. The molecule has 4 aromatic rings. The first-order chi connectivity index (χ1) is 15.6. The van der Waals surface area contributed by atoms with Gasteiger partial charge in [-0.25, -0.2) is 8.78 Å². The molecule has 0 saturated heterocycles. The van der Waals surface area contributed by atoms with Gasteiger partial charge in [0.25, 0.3) is 5.91 Å². The van der Waals surface area contributed by atoms with E-state index in [0.717, 1.165) is 24.3 Å². The van der Waals surface area contributed by atoms with E-state index >= 15 is 0 Å². The van der Waals surface area contributed by atoms with Gasteiger partial charge >= 0.3 is 0 Å². The van der Waals surface area contributed by atoms with Crippen molar-refractivity contribution in [2.24, 2.45) is 0 Å². The molecule has 0 unspecified atom stereocenters. The summed E-state index contributed by atoms with van der Waals surface area (Å²) in [6, 6.07) is 22.8. The summed E-state index contributed by atoms with van der Waals surface area (Å²) in [6.07, 6.45) is 2.57. The average Bonchev–Trinajstić information content (AvgIpc) is 2.81. The summed E-state index contributed by atoms with van der Waals surface area (Å²) >= 11 is 0. The molecule has 0 fully saturated rings. The number of carbonyl (C=O) groups excluding carboxylic acids is 1. The van der Waals surface area contributed by atoms with Crippen LogP contribution in [-0.4, -0.2) is 17.4 Å². The maximum Gasteiger partial charge on any atom is 0.256 e. The molecule has 4 nitrogen and oxygen atoms in total. The normalized spacial score (nSPS) is 10.6. The van der Waals surface area contributed by atoms with Gasteiger partial charge in [-0.05, 0) is 71.8 Å². The van der Waals surface area contributed by atoms with E-state index in [1.807, 2.05) is 30.3 Å². The zero-order chi connectivity index (χ0) is 22.3. The number of nitrogens with one attached hydrogen (secondary N) is 2. The summed E-state index contributed by atoms with van der Waals surface area (Å²) in [5.41, 5.74) is 3.84. The molecular formula is C26H21F2N3O. The number of carbonyl (C=O) groups is 1. The predicted molar refractivity (Wildman–Crippen MR) is 123 cm³/mol. The fourth-order valence-electron chi connectivity index (χ4n) is 3.34. The fraction of sp³-hybridized carbons (Fsp3) is 0.0769. The third kappa shape index (κ3) is 5.35. The molecule has 0 saturated carbocycles. The van der Waals surface area contributed by atoms with Gasteiger partial charge in [-0.15, -0.1) is 0 Å². The van der Waals surface area contributed by atoms with Crippen LogP contribution >= 0.6 is 0 Å². The van der Waals surface area contributed by atoms with Gasteiger partial charge < -0.3 is 10.6 Å². The number of aromatic nitrogens is 1. The summed E-state index contributed by atoms with van der Waals surface area (Å²) in [4.78, 5) is 17.2. The third-order valence-electron chi connectivity index (χ3n) is 4.96. The minimum absolute atomic E-state index is 0.175. The number of hydrogen-bond donors (Lipinski definition) is 2. The molecule has 1 amide bonds. The van der Waals surface area contributed by atoms with Crippen molar-refractivity contribution in [1.29, 1.82) is 0 Å². The first-order valence-electron chi connectivity index (χ1n) is 10.2. The van der Waals surface area contributed by atoms with Crippen LogP contribution in [0.5, 0.6) is 0 Å². The van der Waals surface area contributed by atoms with Crippen molar-refractivity contribution in [2.75, 3.05) is 17.2 Å². The van der Waals surface area contributed by atoms with Crippen LogP contribution in [0.4, 0.5) is 20.2 Å². The van der Waals surface area contributed by atoms with Gasteiger partial charge in [-0.1, -0.05) is 24.3 Å². The molecule has 0 spiro atoms. The minimum Gasteiger partial charge on any atom is -0.385 e. The minimum atomic E-state index is -0.520. The Balaban J connectivity index is 1.42. The monoisotopic (exact) mass is 429 g/mol. The van der Waals surface area contributed by atoms with Gasteiger partial charge in [-0.3, -0.25) is 9.78 Å². The topological polar surface area (TPSA) is 54.0 Å². The van der Waals surface area contributed by atoms with Crippen molar-refractivity contribution in [2.45, 2.75) is 6.42 Å². The van der Waals surface area contributed by atoms with E-state index in [4.69, 9.17) is 0 Å². The zero-order valence-electron chi connectivity index (χ0n) is 17.2. The van der Waals surface area contributed by atoms with E-state index in [0.29, 0.717) is 16.8 Å². The molecule has 160 valence electrons.